The summed E-state index contributed by atoms with van der Waals surface area (Å²) in [5.41, 5.74) is 1.37. The molecule has 0 N–H and O–H groups in total. The molecular weight excluding hydrogens is 582 g/mol. The summed E-state index contributed by atoms with van der Waals surface area (Å²) in [5.74, 6) is -0.547. The van der Waals surface area contributed by atoms with Gasteiger partial charge >= 0.3 is 5.97 Å². The molecule has 0 spiro atoms. The maximum atomic E-state index is 13.4. The van der Waals surface area contributed by atoms with Crippen LogP contribution in [0.2, 0.25) is 0 Å². The number of benzene rings is 2. The number of nitrogens with zero attached hydrogens (tertiary/aromatic N) is 3. The molecule has 2 aliphatic heterocycles. The minimum atomic E-state index is -3.33. The van der Waals surface area contributed by atoms with Crippen LogP contribution in [0.3, 0.4) is 0 Å². The Morgan fingerprint density at radius 2 is 1.33 bits per heavy atom. The predicted octanol–water partition coefficient (Wildman–Crippen LogP) is 0.956. The first-order valence-electron chi connectivity index (χ1n) is 13.7. The first-order chi connectivity index (χ1) is 19.7. The molecule has 2 amide bonds. The van der Waals surface area contributed by atoms with Gasteiger partial charge < -0.3 is 14.5 Å². The maximum absolute atomic E-state index is 13.4. The van der Waals surface area contributed by atoms with E-state index in [-0.39, 0.29) is 46.6 Å². The quantitative estimate of drug-likeness (QED) is 0.376. The Hall–Kier alpha value is -3.29. The van der Waals surface area contributed by atoms with E-state index in [0.717, 1.165) is 12.5 Å². The van der Waals surface area contributed by atoms with Gasteiger partial charge in [-0.05, 0) is 41.8 Å². The fourth-order valence-corrected chi connectivity index (χ4v) is 6.62. The minimum absolute atomic E-state index is 0.0319. The largest absolute Gasteiger partial charge is 0.461 e. The highest BCUT2D eigenvalue weighted by Crippen LogP contribution is 2.20. The van der Waals surface area contributed by atoms with E-state index >= 15 is 0 Å². The van der Waals surface area contributed by atoms with E-state index in [1.807, 2.05) is 0 Å². The van der Waals surface area contributed by atoms with Gasteiger partial charge in [-0.1, -0.05) is 24.3 Å². The third kappa shape index (κ3) is 8.39. The van der Waals surface area contributed by atoms with Gasteiger partial charge in [-0.15, -0.1) is 0 Å². The summed E-state index contributed by atoms with van der Waals surface area (Å²) in [4.78, 5) is 44.1. The van der Waals surface area contributed by atoms with Crippen molar-refractivity contribution < 1.29 is 36.0 Å². The number of carbonyl (C=O) groups excluding carboxylic acids is 3. The lowest BCUT2D eigenvalue weighted by Gasteiger charge is -2.42. The number of sulfone groups is 2. The molecule has 2 fully saturated rings. The van der Waals surface area contributed by atoms with E-state index in [2.05, 4.69) is 4.90 Å². The Balaban J connectivity index is 1.34. The molecule has 2 unspecified atom stereocenters. The zero-order valence-corrected chi connectivity index (χ0v) is 25.7. The highest BCUT2D eigenvalue weighted by atomic mass is 32.2. The highest BCUT2D eigenvalue weighted by Gasteiger charge is 2.35. The van der Waals surface area contributed by atoms with Crippen LogP contribution in [-0.2, 0) is 51.6 Å². The summed E-state index contributed by atoms with van der Waals surface area (Å²) in [7, 11) is -6.64. The van der Waals surface area contributed by atoms with Crippen molar-refractivity contribution in [3.8, 4) is 0 Å². The van der Waals surface area contributed by atoms with E-state index in [9.17, 15) is 31.2 Å². The molecule has 0 aromatic heterocycles. The zero-order chi connectivity index (χ0) is 30.7. The molecule has 0 radical (unpaired) electrons. The molecule has 2 aromatic carbocycles. The van der Waals surface area contributed by atoms with Gasteiger partial charge in [0.25, 0.3) is 0 Å². The van der Waals surface area contributed by atoms with E-state index in [0.29, 0.717) is 56.8 Å². The van der Waals surface area contributed by atoms with Gasteiger partial charge in [0, 0.05) is 58.7 Å². The lowest BCUT2D eigenvalue weighted by Crippen LogP contribution is -2.59. The fourth-order valence-electron chi connectivity index (χ4n) is 5.36. The number of likely N-dealkylation sites (tertiary alicyclic amines) is 1. The first-order valence-corrected chi connectivity index (χ1v) is 17.5. The minimum Gasteiger partial charge on any atom is -0.461 e. The van der Waals surface area contributed by atoms with Gasteiger partial charge in [0.1, 0.15) is 6.10 Å². The van der Waals surface area contributed by atoms with Crippen molar-refractivity contribution in [2.24, 2.45) is 0 Å². The second-order valence-electron chi connectivity index (χ2n) is 11.1. The molecule has 2 atom stereocenters. The second kappa shape index (κ2) is 12.9. The lowest BCUT2D eigenvalue weighted by atomic mass is 10.1. The molecule has 0 bridgehead atoms. The Kier molecular flexibility index (Phi) is 9.74. The van der Waals surface area contributed by atoms with Crippen LogP contribution in [0.4, 0.5) is 0 Å². The number of hydrogen-bond donors (Lipinski definition) is 0. The second-order valence-corrected chi connectivity index (χ2v) is 15.1. The van der Waals surface area contributed by atoms with Crippen LogP contribution in [0.15, 0.2) is 58.3 Å². The van der Waals surface area contributed by atoms with Crippen LogP contribution in [0, 0.1) is 0 Å². The van der Waals surface area contributed by atoms with Crippen LogP contribution >= 0.6 is 0 Å². The summed E-state index contributed by atoms with van der Waals surface area (Å²) < 4.78 is 52.5. The Bertz CT molecular complexity index is 1520. The molecule has 0 aliphatic carbocycles. The number of amides is 2. The van der Waals surface area contributed by atoms with Gasteiger partial charge in [0.2, 0.25) is 11.8 Å². The predicted molar refractivity (Wildman–Crippen MR) is 155 cm³/mol. The smallest absolute Gasteiger partial charge is 0.310 e. The maximum Gasteiger partial charge on any atom is 0.310 e. The van der Waals surface area contributed by atoms with Crippen LogP contribution in [-0.4, -0.2) is 113 Å². The number of carbonyl (C=O) groups is 3. The summed E-state index contributed by atoms with van der Waals surface area (Å²) in [6.45, 7) is 4.45. The van der Waals surface area contributed by atoms with Gasteiger partial charge in [0.15, 0.2) is 19.7 Å². The van der Waals surface area contributed by atoms with E-state index in [4.69, 9.17) is 4.74 Å². The van der Waals surface area contributed by atoms with Crippen molar-refractivity contribution >= 4 is 37.5 Å². The third-order valence-electron chi connectivity index (χ3n) is 7.65. The van der Waals surface area contributed by atoms with Crippen molar-refractivity contribution in [1.82, 2.24) is 14.7 Å². The van der Waals surface area contributed by atoms with Gasteiger partial charge in [-0.25, -0.2) is 16.8 Å². The standard InChI is InChI=1S/C29H37N3O8S2/c1-21(33)31-14-15-32(28(34)16-22-4-8-26(9-5-22)41(2,36)37)24(19-31)18-30-13-12-25(20-30)40-29(35)17-23-6-10-27(11-7-23)42(3,38)39/h4-11,24-25H,12-20H2,1-3H3. The van der Waals surface area contributed by atoms with Gasteiger partial charge in [-0.3, -0.25) is 19.3 Å². The van der Waals surface area contributed by atoms with E-state index in [1.165, 1.54) is 31.2 Å². The zero-order valence-electron chi connectivity index (χ0n) is 24.1. The first kappa shape index (κ1) is 31.6. The van der Waals surface area contributed by atoms with E-state index in [1.54, 1.807) is 34.1 Å². The monoisotopic (exact) mass is 619 g/mol. The van der Waals surface area contributed by atoms with Crippen molar-refractivity contribution in [2.45, 2.75) is 48.1 Å². The molecule has 13 heteroatoms. The van der Waals surface area contributed by atoms with Crippen LogP contribution in [0.1, 0.15) is 24.5 Å². The number of rotatable bonds is 9. The van der Waals surface area contributed by atoms with Crippen LogP contribution < -0.4 is 0 Å². The number of ether oxygens (including phenoxy) is 1. The Morgan fingerprint density at radius 3 is 1.86 bits per heavy atom. The highest BCUT2D eigenvalue weighted by molar-refractivity contribution is 7.91. The summed E-state index contributed by atoms with van der Waals surface area (Å²) in [6, 6.07) is 12.2. The van der Waals surface area contributed by atoms with Crippen LogP contribution in [0.5, 0.6) is 0 Å². The number of hydrogen-bond acceptors (Lipinski definition) is 9. The SMILES string of the molecule is CC(=O)N1CCN(C(=O)Cc2ccc(S(C)(=O)=O)cc2)C(CN2CCC(OC(=O)Cc3ccc(S(C)(=O)=O)cc3)C2)C1. The molecular formula is C29H37N3O8S2. The van der Waals surface area contributed by atoms with Crippen molar-refractivity contribution in [3.63, 3.8) is 0 Å². The molecule has 42 heavy (non-hydrogen) atoms. The number of piperazine rings is 1. The van der Waals surface area contributed by atoms with Crippen LogP contribution in [0.25, 0.3) is 0 Å². The molecule has 228 valence electrons. The molecule has 4 rings (SSSR count). The van der Waals surface area contributed by atoms with Crippen molar-refractivity contribution in [3.05, 3.63) is 59.7 Å². The molecule has 2 aromatic rings. The summed E-state index contributed by atoms with van der Waals surface area (Å²) in [5, 5.41) is 0. The summed E-state index contributed by atoms with van der Waals surface area (Å²) in [6.07, 6.45) is 2.75. The summed E-state index contributed by atoms with van der Waals surface area (Å²) >= 11 is 0. The van der Waals surface area contributed by atoms with Crippen molar-refractivity contribution in [2.75, 3.05) is 51.8 Å². The fraction of sp³-hybridized carbons (Fsp3) is 0.483. The molecule has 11 nitrogen and oxygen atoms in total. The third-order valence-corrected chi connectivity index (χ3v) is 9.91. The molecule has 2 aliphatic rings. The Labute approximate surface area is 247 Å². The molecule has 0 saturated carbocycles. The van der Waals surface area contributed by atoms with Crippen molar-refractivity contribution in [1.29, 1.82) is 0 Å². The normalized spacial score (nSPS) is 20.0. The lowest BCUT2D eigenvalue weighted by molar-refractivity contribution is -0.147. The van der Waals surface area contributed by atoms with Gasteiger partial charge in [0.05, 0.1) is 28.7 Å². The molecule has 2 heterocycles. The Morgan fingerprint density at radius 1 is 0.786 bits per heavy atom. The average Bonchev–Trinajstić information content (AvgIpc) is 3.34. The van der Waals surface area contributed by atoms with Gasteiger partial charge in [-0.2, -0.15) is 0 Å². The van der Waals surface area contributed by atoms with E-state index < -0.39 is 25.6 Å². The topological polar surface area (TPSA) is 138 Å². The molecule has 2 saturated heterocycles. The average molecular weight is 620 g/mol. The number of esters is 1.